The summed E-state index contributed by atoms with van der Waals surface area (Å²) in [6, 6.07) is 28.9. The van der Waals surface area contributed by atoms with Crippen LogP contribution < -0.4 is 4.74 Å². The number of hydrogen-bond acceptors (Lipinski definition) is 3. The number of rotatable bonds is 7. The highest BCUT2D eigenvalue weighted by Gasteiger charge is 2.26. The van der Waals surface area contributed by atoms with Crippen molar-refractivity contribution in [1.29, 1.82) is 0 Å². The first-order chi connectivity index (χ1) is 16.3. The lowest BCUT2D eigenvalue weighted by atomic mass is 10.0. The lowest BCUT2D eigenvalue weighted by molar-refractivity contribution is -0.133. The van der Waals surface area contributed by atoms with Crippen molar-refractivity contribution in [1.82, 2.24) is 14.5 Å². The molecule has 0 saturated carbocycles. The van der Waals surface area contributed by atoms with E-state index in [1.165, 1.54) is 11.1 Å². The first-order valence-electron chi connectivity index (χ1n) is 11.7. The van der Waals surface area contributed by atoms with Crippen molar-refractivity contribution in [2.75, 3.05) is 19.7 Å². The second kappa shape index (κ2) is 9.90. The molecule has 0 N–H and O–H groups in total. The normalized spacial score (nSPS) is 14.5. The second-order valence-corrected chi connectivity index (χ2v) is 8.57. The minimum atomic E-state index is 0.171. The number of carbonyl (C=O) groups excluding carboxylic acids is 1. The summed E-state index contributed by atoms with van der Waals surface area (Å²) >= 11 is 0. The zero-order chi connectivity index (χ0) is 22.5. The van der Waals surface area contributed by atoms with Gasteiger partial charge in [-0.2, -0.15) is 0 Å². The number of hydrogen-bond donors (Lipinski definition) is 0. The number of nitrogens with zero attached hydrogens (tertiary/aromatic N) is 3. The number of para-hydroxylation sites is 3. The molecule has 0 radical (unpaired) electrons. The summed E-state index contributed by atoms with van der Waals surface area (Å²) in [5.74, 6) is 2.08. The summed E-state index contributed by atoms with van der Waals surface area (Å²) in [5, 5.41) is 0. The molecule has 5 nitrogen and oxygen atoms in total. The lowest BCUT2D eigenvalue weighted by Crippen LogP contribution is -2.39. The van der Waals surface area contributed by atoms with Gasteiger partial charge in [0.25, 0.3) is 0 Å². The molecule has 3 aromatic carbocycles. The van der Waals surface area contributed by atoms with Gasteiger partial charge in [-0.05, 0) is 42.7 Å². The van der Waals surface area contributed by atoms with E-state index in [-0.39, 0.29) is 5.91 Å². The van der Waals surface area contributed by atoms with Gasteiger partial charge >= 0.3 is 0 Å². The molecule has 1 aromatic heterocycles. The third-order valence-electron chi connectivity index (χ3n) is 6.38. The van der Waals surface area contributed by atoms with Gasteiger partial charge in [0, 0.05) is 25.6 Å². The predicted molar refractivity (Wildman–Crippen MR) is 130 cm³/mol. The van der Waals surface area contributed by atoms with Crippen LogP contribution in [0.5, 0.6) is 5.75 Å². The molecule has 5 rings (SSSR count). The standard InChI is InChI=1S/C28H29N3O2/c32-28(17-20-33-24-11-5-2-6-12-24)30-18-15-23(16-19-30)31-26-14-8-7-13-25(26)29-27(31)21-22-9-3-1-4-10-22/h1-14,23H,15-21H2. The minimum absolute atomic E-state index is 0.171. The van der Waals surface area contributed by atoms with E-state index in [2.05, 4.69) is 47.0 Å². The Morgan fingerprint density at radius 2 is 1.55 bits per heavy atom. The summed E-state index contributed by atoms with van der Waals surface area (Å²) in [6.45, 7) is 1.95. The zero-order valence-electron chi connectivity index (χ0n) is 18.8. The molecule has 4 aromatic rings. The van der Waals surface area contributed by atoms with Crippen LogP contribution in [0.15, 0.2) is 84.9 Å². The molecule has 0 atom stereocenters. The Labute approximate surface area is 194 Å². The minimum Gasteiger partial charge on any atom is -0.493 e. The van der Waals surface area contributed by atoms with E-state index in [4.69, 9.17) is 9.72 Å². The Kier molecular flexibility index (Phi) is 6.38. The third kappa shape index (κ3) is 4.92. The first kappa shape index (κ1) is 21.3. The van der Waals surface area contributed by atoms with Gasteiger partial charge in [0.05, 0.1) is 24.1 Å². The van der Waals surface area contributed by atoms with Gasteiger partial charge in [-0.15, -0.1) is 0 Å². The fraction of sp³-hybridized carbons (Fsp3) is 0.286. The molecule has 1 aliphatic rings. The molecule has 1 fully saturated rings. The first-order valence-corrected chi connectivity index (χ1v) is 11.7. The van der Waals surface area contributed by atoms with Crippen LogP contribution >= 0.6 is 0 Å². The van der Waals surface area contributed by atoms with E-state index in [9.17, 15) is 4.79 Å². The highest BCUT2D eigenvalue weighted by Crippen LogP contribution is 2.30. The van der Waals surface area contributed by atoms with Gasteiger partial charge in [0.1, 0.15) is 11.6 Å². The molecule has 0 aliphatic carbocycles. The maximum Gasteiger partial charge on any atom is 0.225 e. The van der Waals surface area contributed by atoms with Gasteiger partial charge in [-0.3, -0.25) is 4.79 Å². The van der Waals surface area contributed by atoms with Gasteiger partial charge in [0.15, 0.2) is 0 Å². The summed E-state index contributed by atoms with van der Waals surface area (Å²) in [4.78, 5) is 19.7. The molecule has 1 saturated heterocycles. The van der Waals surface area contributed by atoms with Crippen molar-refractivity contribution in [2.24, 2.45) is 0 Å². The SMILES string of the molecule is O=C(CCOc1ccccc1)N1CCC(n2c(Cc3ccccc3)nc3ccccc32)CC1. The average Bonchev–Trinajstić information content (AvgIpc) is 3.23. The Hall–Kier alpha value is -3.60. The van der Waals surface area contributed by atoms with E-state index >= 15 is 0 Å². The number of aromatic nitrogens is 2. The van der Waals surface area contributed by atoms with E-state index < -0.39 is 0 Å². The van der Waals surface area contributed by atoms with Crippen molar-refractivity contribution in [3.63, 3.8) is 0 Å². The van der Waals surface area contributed by atoms with Crippen LogP contribution in [0.25, 0.3) is 11.0 Å². The quantitative estimate of drug-likeness (QED) is 0.395. The van der Waals surface area contributed by atoms with Crippen molar-refractivity contribution in [3.8, 4) is 5.75 Å². The lowest BCUT2D eigenvalue weighted by Gasteiger charge is -2.33. The third-order valence-corrected chi connectivity index (χ3v) is 6.38. The number of carbonyl (C=O) groups is 1. The summed E-state index contributed by atoms with van der Waals surface area (Å²) < 4.78 is 8.13. The molecular weight excluding hydrogens is 410 g/mol. The van der Waals surface area contributed by atoms with Gasteiger partial charge in [0.2, 0.25) is 5.91 Å². The fourth-order valence-electron chi connectivity index (χ4n) is 4.71. The molecule has 33 heavy (non-hydrogen) atoms. The Balaban J connectivity index is 1.24. The van der Waals surface area contributed by atoms with Crippen LogP contribution in [-0.4, -0.2) is 40.1 Å². The number of likely N-dealkylation sites (tertiary alicyclic amines) is 1. The molecular formula is C28H29N3O2. The number of ether oxygens (including phenoxy) is 1. The Bertz CT molecular complexity index is 1200. The zero-order valence-corrected chi connectivity index (χ0v) is 18.8. The number of amides is 1. The molecule has 1 amide bonds. The maximum absolute atomic E-state index is 12.7. The van der Waals surface area contributed by atoms with E-state index in [0.29, 0.717) is 19.1 Å². The Morgan fingerprint density at radius 3 is 2.30 bits per heavy atom. The van der Waals surface area contributed by atoms with Crippen LogP contribution in [0.3, 0.4) is 0 Å². The van der Waals surface area contributed by atoms with Gasteiger partial charge in [-0.25, -0.2) is 4.98 Å². The van der Waals surface area contributed by atoms with Crippen LogP contribution in [0, 0.1) is 0 Å². The van der Waals surface area contributed by atoms with Crippen LogP contribution in [-0.2, 0) is 11.2 Å². The molecule has 168 valence electrons. The fourth-order valence-corrected chi connectivity index (χ4v) is 4.71. The van der Waals surface area contributed by atoms with E-state index in [0.717, 1.165) is 49.4 Å². The maximum atomic E-state index is 12.7. The van der Waals surface area contributed by atoms with E-state index in [1.807, 2.05) is 47.4 Å². The molecule has 2 heterocycles. The Morgan fingerprint density at radius 1 is 0.879 bits per heavy atom. The highest BCUT2D eigenvalue weighted by atomic mass is 16.5. The number of fused-ring (bicyclic) bond motifs is 1. The van der Waals surface area contributed by atoms with Gasteiger partial charge < -0.3 is 14.2 Å². The molecule has 0 bridgehead atoms. The van der Waals surface area contributed by atoms with E-state index in [1.54, 1.807) is 0 Å². The highest BCUT2D eigenvalue weighted by molar-refractivity contribution is 5.77. The van der Waals surface area contributed by atoms with Crippen molar-refractivity contribution in [3.05, 3.63) is 96.3 Å². The largest absolute Gasteiger partial charge is 0.493 e. The predicted octanol–water partition coefficient (Wildman–Crippen LogP) is 5.26. The average molecular weight is 440 g/mol. The van der Waals surface area contributed by atoms with Crippen molar-refractivity contribution >= 4 is 16.9 Å². The summed E-state index contributed by atoms with van der Waals surface area (Å²) in [7, 11) is 0. The van der Waals surface area contributed by atoms with Crippen molar-refractivity contribution < 1.29 is 9.53 Å². The monoisotopic (exact) mass is 439 g/mol. The summed E-state index contributed by atoms with van der Waals surface area (Å²) in [6.07, 6.45) is 3.10. The van der Waals surface area contributed by atoms with Crippen LogP contribution in [0.2, 0.25) is 0 Å². The smallest absolute Gasteiger partial charge is 0.225 e. The van der Waals surface area contributed by atoms with Crippen molar-refractivity contribution in [2.45, 2.75) is 31.7 Å². The number of benzene rings is 3. The second-order valence-electron chi connectivity index (χ2n) is 8.57. The summed E-state index contributed by atoms with van der Waals surface area (Å²) in [5.41, 5.74) is 3.49. The topological polar surface area (TPSA) is 47.4 Å². The van der Waals surface area contributed by atoms with Crippen LogP contribution in [0.1, 0.15) is 36.7 Å². The van der Waals surface area contributed by atoms with Gasteiger partial charge in [-0.1, -0.05) is 60.7 Å². The molecule has 1 aliphatic heterocycles. The molecule has 0 unspecified atom stereocenters. The van der Waals surface area contributed by atoms with Crippen LogP contribution in [0.4, 0.5) is 0 Å². The number of imidazole rings is 1. The number of piperidine rings is 1. The molecule has 0 spiro atoms. The molecule has 5 heteroatoms.